The number of rotatable bonds is 1. The highest BCUT2D eigenvalue weighted by Gasteiger charge is 1.95. The van der Waals surface area contributed by atoms with Crippen molar-refractivity contribution in [2.24, 2.45) is 11.5 Å². The van der Waals surface area contributed by atoms with E-state index in [1.807, 2.05) is 0 Å². The van der Waals surface area contributed by atoms with Crippen molar-refractivity contribution in [2.75, 3.05) is 19.8 Å². The summed E-state index contributed by atoms with van der Waals surface area (Å²) < 4.78 is 9.33. The fourth-order valence-corrected chi connectivity index (χ4v) is 0. The summed E-state index contributed by atoms with van der Waals surface area (Å²) in [4.78, 5) is 15.3. The Hall–Kier alpha value is 0.0700. The smallest absolute Gasteiger partial charge is 0.322 e. The summed E-state index contributed by atoms with van der Waals surface area (Å²) >= 11 is 0. The molecule has 0 bridgehead atoms. The van der Waals surface area contributed by atoms with Crippen LogP contribution >= 0.6 is 7.60 Å². The Labute approximate surface area is 54.2 Å². The molecule has 0 atom stereocenters. The molecule has 9 heavy (non-hydrogen) atoms. The predicted molar refractivity (Wildman–Crippen MR) is 36.1 cm³/mol. The molecule has 0 heterocycles. The third kappa shape index (κ3) is 260. The van der Waals surface area contributed by atoms with E-state index < -0.39 is 7.60 Å². The van der Waals surface area contributed by atoms with Crippen LogP contribution in [0.2, 0.25) is 0 Å². The zero-order valence-electron chi connectivity index (χ0n) is 5.32. The van der Waals surface area contributed by atoms with Crippen molar-refractivity contribution in [3.8, 4) is 0 Å². The quantitative estimate of drug-likeness (QED) is 0.353. The summed E-state index contributed by atoms with van der Waals surface area (Å²) in [5.41, 5.74) is 9.81. The van der Waals surface area contributed by atoms with Crippen molar-refractivity contribution in [1.29, 1.82) is 0 Å². The second-order valence-electron chi connectivity index (χ2n) is 1.41. The molecule has 0 saturated carbocycles. The van der Waals surface area contributed by atoms with Gasteiger partial charge in [0.1, 0.15) is 0 Å². The molecule has 0 radical (unpaired) electrons. The molecular weight excluding hydrogens is 143 g/mol. The van der Waals surface area contributed by atoms with Crippen LogP contribution < -0.4 is 11.5 Å². The molecule has 0 aliphatic carbocycles. The number of nitrogens with two attached hydrogens (primary N) is 2. The largest absolute Gasteiger partial charge is 0.329 e. The maximum atomic E-state index is 9.33. The number of hydrogen-bond acceptors (Lipinski definition) is 3. The molecule has 0 saturated heterocycles. The van der Waals surface area contributed by atoms with Crippen LogP contribution in [0.1, 0.15) is 0 Å². The maximum absolute atomic E-state index is 9.33. The molecule has 0 fully saturated rings. The zero-order valence-corrected chi connectivity index (χ0v) is 6.21. The van der Waals surface area contributed by atoms with Gasteiger partial charge in [-0.1, -0.05) is 0 Å². The van der Waals surface area contributed by atoms with E-state index in [4.69, 9.17) is 21.3 Å². The van der Waals surface area contributed by atoms with Crippen LogP contribution in [-0.4, -0.2) is 29.5 Å². The van der Waals surface area contributed by atoms with Crippen molar-refractivity contribution in [1.82, 2.24) is 0 Å². The Morgan fingerprint density at radius 2 is 1.44 bits per heavy atom. The second-order valence-corrected chi connectivity index (χ2v) is 3.08. The molecule has 5 nitrogen and oxygen atoms in total. The van der Waals surface area contributed by atoms with Gasteiger partial charge in [0.05, 0.1) is 0 Å². The van der Waals surface area contributed by atoms with E-state index in [2.05, 4.69) is 0 Å². The van der Waals surface area contributed by atoms with E-state index in [0.29, 0.717) is 13.1 Å². The van der Waals surface area contributed by atoms with Crippen molar-refractivity contribution in [3.63, 3.8) is 0 Å². The van der Waals surface area contributed by atoms with Crippen LogP contribution in [0, 0.1) is 0 Å². The molecule has 6 heteroatoms. The Balaban J connectivity index is 0. The monoisotopic (exact) mass is 156 g/mol. The van der Waals surface area contributed by atoms with Gasteiger partial charge in [-0.05, 0) is 0 Å². The molecule has 58 valence electrons. The van der Waals surface area contributed by atoms with Gasteiger partial charge in [-0.25, -0.2) is 0 Å². The molecule has 0 aliphatic rings. The van der Waals surface area contributed by atoms with E-state index in [0.717, 1.165) is 6.66 Å². The standard InChI is InChI=1S/C2H8N2.CH5O3P/c3-1-2-4;1-5(2,3)4/h1-4H2;1H3,(H2,2,3,4). The van der Waals surface area contributed by atoms with Gasteiger partial charge in [0.2, 0.25) is 0 Å². The fraction of sp³-hybridized carbons (Fsp3) is 1.00. The Bertz CT molecular complexity index is 80.8. The topological polar surface area (TPSA) is 110 Å². The highest BCUT2D eigenvalue weighted by molar-refractivity contribution is 7.50. The lowest BCUT2D eigenvalue weighted by Gasteiger charge is -1.84. The Morgan fingerprint density at radius 3 is 1.44 bits per heavy atom. The van der Waals surface area contributed by atoms with Crippen molar-refractivity contribution in [2.45, 2.75) is 0 Å². The van der Waals surface area contributed by atoms with Gasteiger partial charge in [-0.2, -0.15) is 0 Å². The van der Waals surface area contributed by atoms with Gasteiger partial charge in [-0.15, -0.1) is 0 Å². The number of hydrogen-bond donors (Lipinski definition) is 4. The summed E-state index contributed by atoms with van der Waals surface area (Å²) in [6, 6.07) is 0. The summed E-state index contributed by atoms with van der Waals surface area (Å²) in [5.74, 6) is 0. The summed E-state index contributed by atoms with van der Waals surface area (Å²) in [6.45, 7) is 2.05. The highest BCUT2D eigenvalue weighted by atomic mass is 31.2. The molecule has 0 amide bonds. The molecule has 0 aromatic rings. The van der Waals surface area contributed by atoms with E-state index in [-0.39, 0.29) is 0 Å². The molecule has 0 spiro atoms. The highest BCUT2D eigenvalue weighted by Crippen LogP contribution is 2.26. The van der Waals surface area contributed by atoms with Crippen LogP contribution in [0.4, 0.5) is 0 Å². The predicted octanol–water partition coefficient (Wildman–Crippen LogP) is -1.30. The van der Waals surface area contributed by atoms with Crippen LogP contribution in [0.25, 0.3) is 0 Å². The van der Waals surface area contributed by atoms with E-state index in [1.165, 1.54) is 0 Å². The van der Waals surface area contributed by atoms with Crippen molar-refractivity contribution >= 4 is 7.60 Å². The lowest BCUT2D eigenvalue weighted by molar-refractivity contribution is 0.381. The van der Waals surface area contributed by atoms with Gasteiger partial charge in [0, 0.05) is 19.8 Å². The average molecular weight is 156 g/mol. The molecule has 0 aliphatic heterocycles. The minimum absolute atomic E-state index is 0.597. The van der Waals surface area contributed by atoms with Crippen LogP contribution in [0.15, 0.2) is 0 Å². The van der Waals surface area contributed by atoms with Gasteiger partial charge in [-0.3, -0.25) is 4.57 Å². The molecule has 0 rings (SSSR count). The van der Waals surface area contributed by atoms with E-state index in [1.54, 1.807) is 0 Å². The summed E-state index contributed by atoms with van der Waals surface area (Å²) in [7, 11) is -3.64. The molecule has 0 unspecified atom stereocenters. The first-order chi connectivity index (χ1) is 3.91. The zero-order chi connectivity index (χ0) is 7.91. The van der Waals surface area contributed by atoms with Gasteiger partial charge in [0.25, 0.3) is 0 Å². The van der Waals surface area contributed by atoms with Gasteiger partial charge < -0.3 is 21.3 Å². The van der Waals surface area contributed by atoms with Gasteiger partial charge in [0.15, 0.2) is 0 Å². The molecular formula is C3H13N2O3P. The van der Waals surface area contributed by atoms with Gasteiger partial charge >= 0.3 is 7.60 Å². The van der Waals surface area contributed by atoms with Crippen molar-refractivity contribution < 1.29 is 14.4 Å². The Morgan fingerprint density at radius 1 is 1.33 bits per heavy atom. The first-order valence-corrected chi connectivity index (χ1v) is 4.41. The SMILES string of the molecule is CP(=O)(O)O.NCCN. The normalized spacial score (nSPS) is 9.89. The summed E-state index contributed by atoms with van der Waals surface area (Å²) in [5, 5.41) is 0. The minimum atomic E-state index is -3.64. The van der Waals surface area contributed by atoms with Crippen molar-refractivity contribution in [3.05, 3.63) is 0 Å². The molecule has 0 aromatic heterocycles. The van der Waals surface area contributed by atoms with E-state index in [9.17, 15) is 4.57 Å². The first kappa shape index (κ1) is 11.8. The van der Waals surface area contributed by atoms with Crippen LogP contribution in [0.5, 0.6) is 0 Å². The van der Waals surface area contributed by atoms with Crippen LogP contribution in [-0.2, 0) is 4.57 Å². The lowest BCUT2D eigenvalue weighted by Crippen LogP contribution is -2.11. The third-order valence-corrected chi connectivity index (χ3v) is 0.167. The summed E-state index contributed by atoms with van der Waals surface area (Å²) in [6.07, 6.45) is 0. The molecule has 0 aromatic carbocycles. The van der Waals surface area contributed by atoms with Crippen LogP contribution in [0.3, 0.4) is 0 Å². The first-order valence-electron chi connectivity index (χ1n) is 2.35. The minimum Gasteiger partial charge on any atom is -0.329 e. The third-order valence-electron chi connectivity index (χ3n) is 0.167. The molecule has 6 N–H and O–H groups in total. The Kier molecular flexibility index (Phi) is 8.13. The second kappa shape index (κ2) is 6.19. The fourth-order valence-electron chi connectivity index (χ4n) is 0. The lowest BCUT2D eigenvalue weighted by atomic mass is 10.7. The average Bonchev–Trinajstić information content (AvgIpc) is 1.61. The van der Waals surface area contributed by atoms with E-state index >= 15 is 0 Å². The maximum Gasteiger partial charge on any atom is 0.322 e.